The Morgan fingerprint density at radius 3 is 2.65 bits per heavy atom. The second kappa shape index (κ2) is 7.21. The maximum Gasteiger partial charge on any atom is 0.100 e. The zero-order chi connectivity index (χ0) is 12.7. The summed E-state index contributed by atoms with van der Waals surface area (Å²) in [6.45, 7) is 7.52. The Kier molecular flexibility index (Phi) is 5.88. The Morgan fingerprint density at radius 2 is 2.06 bits per heavy atom. The van der Waals surface area contributed by atoms with E-state index in [-0.39, 0.29) is 0 Å². The van der Waals surface area contributed by atoms with Crippen molar-refractivity contribution >= 4 is 17.4 Å². The number of nitrogens with two attached hydrogens (primary N) is 1. The Morgan fingerprint density at radius 1 is 1.35 bits per heavy atom. The van der Waals surface area contributed by atoms with Gasteiger partial charge >= 0.3 is 0 Å². The molecule has 0 saturated carbocycles. The average Bonchev–Trinajstić information content (AvgIpc) is 2.36. The van der Waals surface area contributed by atoms with E-state index in [0.29, 0.717) is 11.3 Å². The van der Waals surface area contributed by atoms with Crippen molar-refractivity contribution in [3.8, 4) is 6.07 Å². The van der Waals surface area contributed by atoms with Crippen molar-refractivity contribution < 1.29 is 0 Å². The van der Waals surface area contributed by atoms with E-state index in [9.17, 15) is 0 Å². The highest BCUT2D eigenvalue weighted by molar-refractivity contribution is 7.99. The number of nitrogens with zero attached hydrogens (tertiary/aromatic N) is 2. The van der Waals surface area contributed by atoms with Crippen molar-refractivity contribution in [2.45, 2.75) is 18.7 Å². The minimum Gasteiger partial charge on any atom is -0.399 e. The number of hydrogen-bond donors (Lipinski definition) is 1. The number of nitrogen functional groups attached to an aromatic ring is 1. The molecule has 2 N–H and O–H groups in total. The summed E-state index contributed by atoms with van der Waals surface area (Å²) in [6.07, 6.45) is 0. The summed E-state index contributed by atoms with van der Waals surface area (Å²) in [6, 6.07) is 7.70. The van der Waals surface area contributed by atoms with E-state index in [2.05, 4.69) is 24.8 Å². The molecule has 3 nitrogen and oxygen atoms in total. The summed E-state index contributed by atoms with van der Waals surface area (Å²) in [5, 5.41) is 9.01. The van der Waals surface area contributed by atoms with Crippen molar-refractivity contribution in [3.63, 3.8) is 0 Å². The molecule has 0 aliphatic rings. The quantitative estimate of drug-likeness (QED) is 0.622. The molecule has 0 aromatic heterocycles. The highest BCUT2D eigenvalue weighted by Gasteiger charge is 2.04. The maximum atomic E-state index is 9.01. The van der Waals surface area contributed by atoms with Crippen LogP contribution in [-0.2, 0) is 0 Å². The minimum absolute atomic E-state index is 0.648. The Balaban J connectivity index is 2.55. The Labute approximate surface area is 108 Å². The maximum absolute atomic E-state index is 9.01. The van der Waals surface area contributed by atoms with Crippen LogP contribution in [0.15, 0.2) is 23.1 Å². The standard InChI is InChI=1S/C13H19N3S/c1-3-16(4-2)7-8-17-13-6-5-12(15)9-11(13)10-14/h5-6,9H,3-4,7-8,15H2,1-2H3. The molecule has 1 rings (SSSR count). The molecule has 4 heteroatoms. The van der Waals surface area contributed by atoms with Crippen LogP contribution in [-0.4, -0.2) is 30.3 Å². The van der Waals surface area contributed by atoms with Gasteiger partial charge in [0.05, 0.1) is 5.56 Å². The molecule has 92 valence electrons. The van der Waals surface area contributed by atoms with Gasteiger partial charge in [-0.25, -0.2) is 0 Å². The summed E-state index contributed by atoms with van der Waals surface area (Å²) < 4.78 is 0. The van der Waals surface area contributed by atoms with Gasteiger partial charge in [0, 0.05) is 22.9 Å². The third kappa shape index (κ3) is 4.29. The molecule has 0 heterocycles. The summed E-state index contributed by atoms with van der Waals surface area (Å²) in [7, 11) is 0. The van der Waals surface area contributed by atoms with Gasteiger partial charge in [0.1, 0.15) is 6.07 Å². The topological polar surface area (TPSA) is 53.0 Å². The van der Waals surface area contributed by atoms with Crippen LogP contribution in [0.4, 0.5) is 5.69 Å². The zero-order valence-electron chi connectivity index (χ0n) is 10.4. The number of benzene rings is 1. The fourth-order valence-corrected chi connectivity index (χ4v) is 2.58. The molecule has 0 amide bonds. The summed E-state index contributed by atoms with van der Waals surface area (Å²) in [4.78, 5) is 3.39. The van der Waals surface area contributed by atoms with Crippen LogP contribution in [0.1, 0.15) is 19.4 Å². The largest absolute Gasteiger partial charge is 0.399 e. The second-order valence-electron chi connectivity index (χ2n) is 3.74. The average molecular weight is 249 g/mol. The fourth-order valence-electron chi connectivity index (χ4n) is 1.59. The number of rotatable bonds is 6. The second-order valence-corrected chi connectivity index (χ2v) is 4.88. The number of anilines is 1. The van der Waals surface area contributed by atoms with Crippen LogP contribution in [0.5, 0.6) is 0 Å². The minimum atomic E-state index is 0.648. The first kappa shape index (κ1) is 13.9. The van der Waals surface area contributed by atoms with E-state index in [1.165, 1.54) is 0 Å². The zero-order valence-corrected chi connectivity index (χ0v) is 11.3. The Hall–Kier alpha value is -1.18. The van der Waals surface area contributed by atoms with Crippen LogP contribution < -0.4 is 5.73 Å². The highest BCUT2D eigenvalue weighted by Crippen LogP contribution is 2.24. The summed E-state index contributed by atoms with van der Waals surface area (Å²) in [5.41, 5.74) is 6.98. The van der Waals surface area contributed by atoms with Crippen molar-refractivity contribution in [2.24, 2.45) is 0 Å². The van der Waals surface area contributed by atoms with Crippen LogP contribution in [0.25, 0.3) is 0 Å². The van der Waals surface area contributed by atoms with Crippen LogP contribution in [0, 0.1) is 11.3 Å². The predicted octanol–water partition coefficient (Wildman–Crippen LogP) is 2.57. The first-order valence-corrected chi connectivity index (χ1v) is 6.84. The molecule has 17 heavy (non-hydrogen) atoms. The van der Waals surface area contributed by atoms with Crippen molar-refractivity contribution in [2.75, 3.05) is 31.1 Å². The van der Waals surface area contributed by atoms with Gasteiger partial charge in [0.25, 0.3) is 0 Å². The lowest BCUT2D eigenvalue weighted by Crippen LogP contribution is -2.25. The van der Waals surface area contributed by atoms with Gasteiger partial charge in [-0.1, -0.05) is 13.8 Å². The van der Waals surface area contributed by atoms with E-state index in [0.717, 1.165) is 30.3 Å². The predicted molar refractivity (Wildman–Crippen MR) is 74.1 cm³/mol. The van der Waals surface area contributed by atoms with Gasteiger partial charge in [-0.2, -0.15) is 5.26 Å². The molecule has 0 spiro atoms. The summed E-state index contributed by atoms with van der Waals surface area (Å²) >= 11 is 1.72. The van der Waals surface area contributed by atoms with E-state index >= 15 is 0 Å². The molecule has 0 atom stereocenters. The molecular weight excluding hydrogens is 230 g/mol. The molecule has 0 unspecified atom stereocenters. The van der Waals surface area contributed by atoms with E-state index in [4.69, 9.17) is 11.0 Å². The number of hydrogen-bond acceptors (Lipinski definition) is 4. The van der Waals surface area contributed by atoms with Crippen LogP contribution in [0.2, 0.25) is 0 Å². The van der Waals surface area contributed by atoms with Gasteiger partial charge in [-0.15, -0.1) is 11.8 Å². The SMILES string of the molecule is CCN(CC)CCSc1ccc(N)cc1C#N. The summed E-state index contributed by atoms with van der Waals surface area (Å²) in [5.74, 6) is 1.00. The monoisotopic (exact) mass is 249 g/mol. The van der Waals surface area contributed by atoms with Crippen molar-refractivity contribution in [3.05, 3.63) is 23.8 Å². The van der Waals surface area contributed by atoms with Gasteiger partial charge in [-0.3, -0.25) is 0 Å². The van der Waals surface area contributed by atoms with Crippen LogP contribution in [0.3, 0.4) is 0 Å². The normalized spacial score (nSPS) is 10.5. The molecule has 0 fully saturated rings. The van der Waals surface area contributed by atoms with Gasteiger partial charge in [0.2, 0.25) is 0 Å². The third-order valence-corrected chi connectivity index (χ3v) is 3.74. The van der Waals surface area contributed by atoms with Crippen LogP contribution >= 0.6 is 11.8 Å². The number of nitriles is 1. The molecule has 0 aliphatic heterocycles. The molecule has 0 bridgehead atoms. The molecule has 0 aliphatic carbocycles. The smallest absolute Gasteiger partial charge is 0.100 e. The lowest BCUT2D eigenvalue weighted by molar-refractivity contribution is 0.324. The van der Waals surface area contributed by atoms with Crippen molar-refractivity contribution in [1.82, 2.24) is 4.90 Å². The van der Waals surface area contributed by atoms with E-state index < -0.39 is 0 Å². The van der Waals surface area contributed by atoms with Gasteiger partial charge in [-0.05, 0) is 31.3 Å². The Bertz CT molecular complexity index is 394. The molecule has 0 radical (unpaired) electrons. The highest BCUT2D eigenvalue weighted by atomic mass is 32.2. The molecule has 0 saturated heterocycles. The molecule has 1 aromatic rings. The van der Waals surface area contributed by atoms with Gasteiger partial charge < -0.3 is 10.6 Å². The molecule has 1 aromatic carbocycles. The van der Waals surface area contributed by atoms with Crippen molar-refractivity contribution in [1.29, 1.82) is 5.26 Å². The fraction of sp³-hybridized carbons (Fsp3) is 0.462. The first-order valence-electron chi connectivity index (χ1n) is 5.86. The lowest BCUT2D eigenvalue weighted by atomic mass is 10.2. The van der Waals surface area contributed by atoms with E-state index in [1.54, 1.807) is 17.8 Å². The number of thioether (sulfide) groups is 1. The first-order chi connectivity index (χ1) is 8.21. The van der Waals surface area contributed by atoms with Gasteiger partial charge in [0.15, 0.2) is 0 Å². The molecular formula is C13H19N3S. The van der Waals surface area contributed by atoms with E-state index in [1.807, 2.05) is 12.1 Å². The lowest BCUT2D eigenvalue weighted by Gasteiger charge is -2.17. The third-order valence-electron chi connectivity index (χ3n) is 2.68.